The van der Waals surface area contributed by atoms with E-state index in [2.05, 4.69) is 10.3 Å². The standard InChI is InChI=1S/C25H22N2O4/c28-24(26-15-18-7-4-8-19(11-18)25(29)30)14-21-12-20-13-22(9-10-23(20)27-21)31-16-17-5-2-1-3-6-17/h1-11,13H,12,14-16H2,(H,26,28)(H,29,30). The van der Waals surface area contributed by atoms with Gasteiger partial charge in [0.15, 0.2) is 0 Å². The number of ether oxygens (including phenoxy) is 1. The average Bonchev–Trinajstić information content (AvgIpc) is 3.18. The predicted molar refractivity (Wildman–Crippen MR) is 118 cm³/mol. The van der Waals surface area contributed by atoms with Gasteiger partial charge in [0.05, 0.1) is 17.7 Å². The lowest BCUT2D eigenvalue weighted by atomic mass is 10.1. The minimum Gasteiger partial charge on any atom is -0.489 e. The zero-order valence-electron chi connectivity index (χ0n) is 16.9. The van der Waals surface area contributed by atoms with Gasteiger partial charge in [-0.1, -0.05) is 42.5 Å². The molecule has 0 fully saturated rings. The number of aliphatic imine (C=N–C) groups is 1. The summed E-state index contributed by atoms with van der Waals surface area (Å²) in [5.74, 6) is -0.354. The van der Waals surface area contributed by atoms with Crippen LogP contribution < -0.4 is 10.1 Å². The van der Waals surface area contributed by atoms with Crippen molar-refractivity contribution in [1.29, 1.82) is 0 Å². The highest BCUT2D eigenvalue weighted by Crippen LogP contribution is 2.31. The molecule has 0 aliphatic carbocycles. The van der Waals surface area contributed by atoms with Crippen molar-refractivity contribution in [2.24, 2.45) is 4.99 Å². The van der Waals surface area contributed by atoms with Gasteiger partial charge in [0.2, 0.25) is 5.91 Å². The summed E-state index contributed by atoms with van der Waals surface area (Å²) in [6.07, 6.45) is 0.813. The lowest BCUT2D eigenvalue weighted by Crippen LogP contribution is -2.25. The Balaban J connectivity index is 1.29. The fourth-order valence-corrected chi connectivity index (χ4v) is 3.44. The van der Waals surface area contributed by atoms with Crippen molar-refractivity contribution in [2.75, 3.05) is 0 Å². The number of nitrogens with one attached hydrogen (secondary N) is 1. The van der Waals surface area contributed by atoms with Crippen LogP contribution in [0.1, 0.15) is 33.5 Å². The van der Waals surface area contributed by atoms with Gasteiger partial charge >= 0.3 is 5.97 Å². The van der Waals surface area contributed by atoms with Crippen LogP contribution >= 0.6 is 0 Å². The van der Waals surface area contributed by atoms with Gasteiger partial charge in [-0.15, -0.1) is 0 Å². The van der Waals surface area contributed by atoms with Gasteiger partial charge in [-0.3, -0.25) is 9.79 Å². The van der Waals surface area contributed by atoms with Gasteiger partial charge in [0.25, 0.3) is 0 Å². The molecule has 0 spiro atoms. The maximum Gasteiger partial charge on any atom is 0.335 e. The summed E-state index contributed by atoms with van der Waals surface area (Å²) in [5.41, 5.74) is 4.75. The van der Waals surface area contributed by atoms with E-state index in [1.165, 1.54) is 6.07 Å². The average molecular weight is 414 g/mol. The number of rotatable bonds is 8. The third-order valence-corrected chi connectivity index (χ3v) is 5.00. The first-order valence-electron chi connectivity index (χ1n) is 10.0. The number of benzene rings is 3. The van der Waals surface area contributed by atoms with Crippen LogP contribution in [0.2, 0.25) is 0 Å². The molecule has 1 amide bonds. The van der Waals surface area contributed by atoms with E-state index >= 15 is 0 Å². The van der Waals surface area contributed by atoms with E-state index in [1.54, 1.807) is 18.2 Å². The van der Waals surface area contributed by atoms with Crippen LogP contribution in [0.15, 0.2) is 77.8 Å². The largest absolute Gasteiger partial charge is 0.489 e. The lowest BCUT2D eigenvalue weighted by Gasteiger charge is -2.08. The molecule has 0 unspecified atom stereocenters. The second kappa shape index (κ2) is 9.26. The Morgan fingerprint density at radius 3 is 2.58 bits per heavy atom. The Hall–Kier alpha value is -3.93. The van der Waals surface area contributed by atoms with Crippen molar-refractivity contribution in [3.63, 3.8) is 0 Å². The van der Waals surface area contributed by atoms with Crippen molar-refractivity contribution in [3.05, 3.63) is 95.1 Å². The number of fused-ring (bicyclic) bond motifs is 1. The van der Waals surface area contributed by atoms with Gasteiger partial charge in [-0.05, 0) is 47.0 Å². The fourth-order valence-electron chi connectivity index (χ4n) is 3.44. The predicted octanol–water partition coefficient (Wildman–Crippen LogP) is 4.30. The van der Waals surface area contributed by atoms with Crippen molar-refractivity contribution in [2.45, 2.75) is 26.0 Å². The van der Waals surface area contributed by atoms with Crippen LogP contribution in [0.25, 0.3) is 0 Å². The number of carboxylic acids is 1. The summed E-state index contributed by atoms with van der Waals surface area (Å²) in [5, 5.41) is 11.9. The Bertz CT molecular complexity index is 1140. The molecule has 0 atom stereocenters. The molecule has 6 heteroatoms. The molecule has 2 N–H and O–H groups in total. The van der Waals surface area contributed by atoms with Gasteiger partial charge in [0, 0.05) is 18.7 Å². The van der Waals surface area contributed by atoms with Crippen LogP contribution in [0.5, 0.6) is 5.75 Å². The Labute approximate surface area is 180 Å². The molecule has 156 valence electrons. The van der Waals surface area contributed by atoms with E-state index in [-0.39, 0.29) is 24.4 Å². The minimum atomic E-state index is -0.988. The smallest absolute Gasteiger partial charge is 0.335 e. The number of amides is 1. The fraction of sp³-hybridized carbons (Fsp3) is 0.160. The van der Waals surface area contributed by atoms with E-state index in [0.717, 1.165) is 33.8 Å². The van der Waals surface area contributed by atoms with Crippen LogP contribution in [0, 0.1) is 0 Å². The van der Waals surface area contributed by atoms with Crippen LogP contribution in [0.4, 0.5) is 5.69 Å². The molecule has 1 aliphatic heterocycles. The van der Waals surface area contributed by atoms with Crippen LogP contribution in [-0.4, -0.2) is 22.7 Å². The Kier molecular flexibility index (Phi) is 6.08. The maximum absolute atomic E-state index is 12.3. The summed E-state index contributed by atoms with van der Waals surface area (Å²) in [6.45, 7) is 0.774. The summed E-state index contributed by atoms with van der Waals surface area (Å²) in [7, 11) is 0. The number of carbonyl (C=O) groups is 2. The summed E-state index contributed by atoms with van der Waals surface area (Å²) >= 11 is 0. The summed E-state index contributed by atoms with van der Waals surface area (Å²) in [4.78, 5) is 28.0. The van der Waals surface area contributed by atoms with E-state index in [9.17, 15) is 9.59 Å². The van der Waals surface area contributed by atoms with E-state index in [0.29, 0.717) is 13.0 Å². The first kappa shape index (κ1) is 20.3. The summed E-state index contributed by atoms with van der Waals surface area (Å²) in [6, 6.07) is 22.3. The second-order valence-electron chi connectivity index (χ2n) is 7.38. The maximum atomic E-state index is 12.3. The molecule has 6 nitrogen and oxygen atoms in total. The first-order valence-corrected chi connectivity index (χ1v) is 10.0. The zero-order valence-corrected chi connectivity index (χ0v) is 16.9. The normalized spacial score (nSPS) is 12.1. The zero-order chi connectivity index (χ0) is 21.6. The minimum absolute atomic E-state index is 0.146. The van der Waals surface area contributed by atoms with Crippen LogP contribution in [0.3, 0.4) is 0 Å². The molecule has 4 rings (SSSR count). The Morgan fingerprint density at radius 1 is 0.968 bits per heavy atom. The van der Waals surface area contributed by atoms with Crippen molar-refractivity contribution in [1.82, 2.24) is 5.32 Å². The number of aromatic carboxylic acids is 1. The monoisotopic (exact) mass is 414 g/mol. The van der Waals surface area contributed by atoms with Gasteiger partial charge in [0.1, 0.15) is 12.4 Å². The number of hydrogen-bond donors (Lipinski definition) is 2. The molecule has 3 aromatic carbocycles. The highest BCUT2D eigenvalue weighted by Gasteiger charge is 2.18. The van der Waals surface area contributed by atoms with E-state index in [4.69, 9.17) is 9.84 Å². The highest BCUT2D eigenvalue weighted by molar-refractivity contribution is 6.05. The quantitative estimate of drug-likeness (QED) is 0.575. The molecule has 0 saturated carbocycles. The molecule has 3 aromatic rings. The molecular weight excluding hydrogens is 392 g/mol. The molecule has 1 heterocycles. The second-order valence-corrected chi connectivity index (χ2v) is 7.38. The number of carbonyl (C=O) groups excluding carboxylic acids is 1. The van der Waals surface area contributed by atoms with Crippen molar-refractivity contribution < 1.29 is 19.4 Å². The van der Waals surface area contributed by atoms with Gasteiger partial charge in [-0.25, -0.2) is 4.79 Å². The molecule has 0 saturated heterocycles. The van der Waals surface area contributed by atoms with E-state index < -0.39 is 5.97 Å². The molecule has 1 aliphatic rings. The van der Waals surface area contributed by atoms with Gasteiger partial charge < -0.3 is 15.2 Å². The van der Waals surface area contributed by atoms with Crippen molar-refractivity contribution in [3.8, 4) is 5.75 Å². The number of hydrogen-bond acceptors (Lipinski definition) is 4. The summed E-state index contributed by atoms with van der Waals surface area (Å²) < 4.78 is 5.88. The Morgan fingerprint density at radius 2 is 1.77 bits per heavy atom. The lowest BCUT2D eigenvalue weighted by molar-refractivity contribution is -0.120. The molecule has 0 radical (unpaired) electrons. The molecule has 31 heavy (non-hydrogen) atoms. The first-order chi connectivity index (χ1) is 15.1. The molecule has 0 aromatic heterocycles. The van der Waals surface area contributed by atoms with E-state index in [1.807, 2.05) is 48.5 Å². The van der Waals surface area contributed by atoms with Crippen molar-refractivity contribution >= 4 is 23.3 Å². The highest BCUT2D eigenvalue weighted by atomic mass is 16.5. The van der Waals surface area contributed by atoms with Crippen LogP contribution in [-0.2, 0) is 24.4 Å². The molecular formula is C25H22N2O4. The SMILES string of the molecule is O=C(CC1=Nc2ccc(OCc3ccccc3)cc2C1)NCc1cccc(C(=O)O)c1. The third kappa shape index (κ3) is 5.36. The molecule has 0 bridgehead atoms. The van der Waals surface area contributed by atoms with Gasteiger partial charge in [-0.2, -0.15) is 0 Å². The number of carboxylic acid groups (broad SMARTS) is 1. The third-order valence-electron chi connectivity index (χ3n) is 5.00. The number of nitrogens with zero attached hydrogens (tertiary/aromatic N) is 1. The topological polar surface area (TPSA) is 88.0 Å².